The standard InChI is InChI=1S/C53H85F12NO7/c1-40(32-37-67)21-17-24-44(51(57,58)59)31-36-66(5)35-19-30-49(70)73-45(25-12-8-6-10-14-28-47(68)71-38-33-41(2)20-16-23-43(4)50(54,55)56)26-13-9-7-11-15-29-48(69)72-39-34-42(3)22-18-27-46(52(60,61)62)53(63,64)65/h23-24,27,40-42,45,67H,6-22,25-26,28-39H2,1-5H3. The maximum absolute atomic E-state index is 13.7. The number of allylic oxidation sites excluding steroid dienone is 5. The van der Waals surface area contributed by atoms with Crippen molar-refractivity contribution in [3.05, 3.63) is 34.9 Å². The molecule has 0 saturated carbocycles. The maximum Gasteiger partial charge on any atom is 0.420 e. The molecule has 0 aliphatic carbocycles. The van der Waals surface area contributed by atoms with Crippen molar-refractivity contribution < 1.29 is 86.4 Å². The number of hydrogen-bond acceptors (Lipinski definition) is 8. The van der Waals surface area contributed by atoms with E-state index in [0.717, 1.165) is 58.3 Å². The maximum atomic E-state index is 13.7. The third kappa shape index (κ3) is 38.9. The van der Waals surface area contributed by atoms with Crippen LogP contribution in [0.3, 0.4) is 0 Å². The van der Waals surface area contributed by atoms with Gasteiger partial charge in [-0.2, -0.15) is 52.7 Å². The molecule has 0 aromatic rings. The van der Waals surface area contributed by atoms with Crippen LogP contribution in [-0.4, -0.2) is 98.7 Å². The van der Waals surface area contributed by atoms with Crippen LogP contribution in [0.1, 0.15) is 195 Å². The summed E-state index contributed by atoms with van der Waals surface area (Å²) in [6.45, 7) is 7.22. The van der Waals surface area contributed by atoms with Crippen molar-refractivity contribution >= 4 is 17.9 Å². The number of alkyl halides is 12. The summed E-state index contributed by atoms with van der Waals surface area (Å²) in [6.07, 6.45) is -5.52. The molecule has 20 heteroatoms. The van der Waals surface area contributed by atoms with Gasteiger partial charge in [0.05, 0.1) is 13.2 Å². The van der Waals surface area contributed by atoms with Gasteiger partial charge in [0.1, 0.15) is 11.7 Å². The number of carbonyl (C=O) groups excluding carboxylic acids is 3. The van der Waals surface area contributed by atoms with Crippen LogP contribution >= 0.6 is 0 Å². The first-order chi connectivity index (χ1) is 34.1. The molecule has 73 heavy (non-hydrogen) atoms. The smallest absolute Gasteiger partial charge is 0.420 e. The molecule has 0 aliphatic rings. The van der Waals surface area contributed by atoms with Gasteiger partial charge < -0.3 is 24.2 Å². The van der Waals surface area contributed by atoms with Gasteiger partial charge in [-0.05, 0) is 147 Å². The highest BCUT2D eigenvalue weighted by Crippen LogP contribution is 2.39. The third-order valence-electron chi connectivity index (χ3n) is 12.8. The molecule has 0 spiro atoms. The number of rotatable bonds is 41. The Balaban J connectivity index is 4.90. The number of aliphatic hydroxyl groups excluding tert-OH is 1. The quantitative estimate of drug-likeness (QED) is 0.0212. The van der Waals surface area contributed by atoms with Crippen molar-refractivity contribution in [3.63, 3.8) is 0 Å². The van der Waals surface area contributed by atoms with E-state index in [-0.39, 0.29) is 107 Å². The summed E-state index contributed by atoms with van der Waals surface area (Å²) in [5.41, 5.74) is -3.75. The third-order valence-corrected chi connectivity index (χ3v) is 12.8. The summed E-state index contributed by atoms with van der Waals surface area (Å²) < 4.78 is 172. The zero-order valence-corrected chi connectivity index (χ0v) is 43.8. The van der Waals surface area contributed by atoms with Crippen molar-refractivity contribution in [1.82, 2.24) is 4.90 Å². The number of ether oxygens (including phenoxy) is 3. The molecule has 1 N–H and O–H groups in total. The van der Waals surface area contributed by atoms with Gasteiger partial charge in [-0.15, -0.1) is 0 Å². The Kier molecular flexibility index (Phi) is 36.6. The fourth-order valence-electron chi connectivity index (χ4n) is 7.82. The summed E-state index contributed by atoms with van der Waals surface area (Å²) in [5, 5.41) is 9.06. The summed E-state index contributed by atoms with van der Waals surface area (Å²) >= 11 is 0. The van der Waals surface area contributed by atoms with Crippen LogP contribution in [0.4, 0.5) is 52.7 Å². The largest absolute Gasteiger partial charge is 0.466 e. The van der Waals surface area contributed by atoms with Gasteiger partial charge in [0.25, 0.3) is 0 Å². The minimum absolute atomic E-state index is 0.00299. The fraction of sp³-hybridized carbons (Fsp3) is 0.830. The zero-order chi connectivity index (χ0) is 55.5. The van der Waals surface area contributed by atoms with E-state index in [2.05, 4.69) is 0 Å². The van der Waals surface area contributed by atoms with Crippen LogP contribution in [0.15, 0.2) is 34.9 Å². The van der Waals surface area contributed by atoms with E-state index in [0.29, 0.717) is 70.8 Å². The molecule has 8 nitrogen and oxygen atoms in total. The van der Waals surface area contributed by atoms with Crippen molar-refractivity contribution in [2.45, 2.75) is 225 Å². The van der Waals surface area contributed by atoms with E-state index in [1.807, 2.05) is 13.8 Å². The average Bonchev–Trinajstić information content (AvgIpc) is 3.26. The Morgan fingerprint density at radius 3 is 1.36 bits per heavy atom. The molecule has 0 rings (SSSR count). The van der Waals surface area contributed by atoms with Crippen LogP contribution in [0.5, 0.6) is 0 Å². The molecule has 428 valence electrons. The Bertz CT molecular complexity index is 1580. The number of carbonyl (C=O) groups is 3. The number of unbranched alkanes of at least 4 members (excludes halogenated alkanes) is 8. The summed E-state index contributed by atoms with van der Waals surface area (Å²) in [6, 6.07) is 0. The SMILES string of the molecule is CC(=CCCC(C)CCOC(=O)CCCCCCCC(CCCCCCCC(=O)OCCC(C)CCC=C(C(F)(F)F)C(F)(F)F)OC(=O)CCCN(C)CCC(=CCCC(C)CCO)C(F)(F)F)C(F)(F)F. The van der Waals surface area contributed by atoms with E-state index in [1.165, 1.54) is 12.2 Å². The number of hydrogen-bond donors (Lipinski definition) is 1. The predicted octanol–water partition coefficient (Wildman–Crippen LogP) is 16.0. The molecule has 0 aromatic carbocycles. The van der Waals surface area contributed by atoms with Crippen molar-refractivity contribution in [2.75, 3.05) is 40.0 Å². The molecule has 0 amide bonds. The highest BCUT2D eigenvalue weighted by Gasteiger charge is 2.50. The average molecular weight is 1080 g/mol. The second-order valence-electron chi connectivity index (χ2n) is 19.7. The molecular formula is C53H85F12NO7. The number of nitrogens with zero attached hydrogens (tertiary/aromatic N) is 1. The minimum atomic E-state index is -5.50. The Labute approximate surface area is 426 Å². The lowest BCUT2D eigenvalue weighted by atomic mass is 10.0. The molecule has 0 aromatic heterocycles. The number of esters is 3. The molecule has 4 atom stereocenters. The first kappa shape index (κ1) is 69.7. The molecule has 0 radical (unpaired) electrons. The van der Waals surface area contributed by atoms with Crippen molar-refractivity contribution in [1.29, 1.82) is 0 Å². The van der Waals surface area contributed by atoms with E-state index >= 15 is 0 Å². The lowest BCUT2D eigenvalue weighted by Crippen LogP contribution is -2.26. The predicted molar refractivity (Wildman–Crippen MR) is 258 cm³/mol. The summed E-state index contributed by atoms with van der Waals surface area (Å²) in [4.78, 5) is 39.2. The molecule has 0 saturated heterocycles. The lowest BCUT2D eigenvalue weighted by molar-refractivity contribution is -0.172. The minimum Gasteiger partial charge on any atom is -0.466 e. The van der Waals surface area contributed by atoms with Crippen LogP contribution in [0.25, 0.3) is 0 Å². The molecule has 0 fully saturated rings. The van der Waals surface area contributed by atoms with E-state index < -0.39 is 59.8 Å². The van der Waals surface area contributed by atoms with Gasteiger partial charge in [-0.3, -0.25) is 14.4 Å². The van der Waals surface area contributed by atoms with Gasteiger partial charge >= 0.3 is 42.6 Å². The van der Waals surface area contributed by atoms with Gasteiger partial charge in [-0.25, -0.2) is 0 Å². The normalized spacial score (nSPS) is 14.7. The highest BCUT2D eigenvalue weighted by atomic mass is 19.4. The van der Waals surface area contributed by atoms with Gasteiger partial charge in [-0.1, -0.05) is 77.5 Å². The molecule has 0 heterocycles. The zero-order valence-electron chi connectivity index (χ0n) is 43.8. The molecule has 0 aliphatic heterocycles. The second-order valence-corrected chi connectivity index (χ2v) is 19.7. The highest BCUT2D eigenvalue weighted by molar-refractivity contribution is 5.70. The van der Waals surface area contributed by atoms with Crippen molar-refractivity contribution in [2.24, 2.45) is 17.8 Å². The second kappa shape index (κ2) is 38.3. The van der Waals surface area contributed by atoms with E-state index in [1.54, 1.807) is 18.9 Å². The topological polar surface area (TPSA) is 102 Å². The van der Waals surface area contributed by atoms with Crippen LogP contribution in [0, 0.1) is 17.8 Å². The lowest BCUT2D eigenvalue weighted by Gasteiger charge is -2.20. The molecular weight excluding hydrogens is 991 g/mol. The first-order valence-corrected chi connectivity index (χ1v) is 26.2. The summed E-state index contributed by atoms with van der Waals surface area (Å²) in [7, 11) is 1.70. The molecule has 4 unspecified atom stereocenters. The van der Waals surface area contributed by atoms with Gasteiger partial charge in [0.2, 0.25) is 0 Å². The van der Waals surface area contributed by atoms with Crippen LogP contribution in [-0.2, 0) is 28.6 Å². The van der Waals surface area contributed by atoms with E-state index in [9.17, 15) is 67.1 Å². The van der Waals surface area contributed by atoms with Gasteiger partial charge in [0.15, 0.2) is 0 Å². The fourth-order valence-corrected chi connectivity index (χ4v) is 7.82. The number of aliphatic hydroxyl groups is 1. The Morgan fingerprint density at radius 2 is 0.904 bits per heavy atom. The number of halogens is 12. The van der Waals surface area contributed by atoms with Crippen LogP contribution < -0.4 is 0 Å². The monoisotopic (exact) mass is 1080 g/mol. The van der Waals surface area contributed by atoms with Crippen molar-refractivity contribution in [3.8, 4) is 0 Å². The van der Waals surface area contributed by atoms with Gasteiger partial charge in [0, 0.05) is 43.6 Å². The Morgan fingerprint density at radius 1 is 0.479 bits per heavy atom. The van der Waals surface area contributed by atoms with E-state index in [4.69, 9.17) is 19.3 Å². The first-order valence-electron chi connectivity index (χ1n) is 26.2. The molecule has 0 bridgehead atoms. The summed E-state index contributed by atoms with van der Waals surface area (Å²) in [5.74, 6) is -1.24. The Hall–Kier alpha value is -3.29. The van der Waals surface area contributed by atoms with Crippen LogP contribution in [0.2, 0.25) is 0 Å².